The summed E-state index contributed by atoms with van der Waals surface area (Å²) in [4.78, 5) is 20.9. The lowest BCUT2D eigenvalue weighted by Crippen LogP contribution is -2.21. The summed E-state index contributed by atoms with van der Waals surface area (Å²) in [5, 5.41) is 0. The highest BCUT2D eigenvalue weighted by molar-refractivity contribution is 8.32. The van der Waals surface area contributed by atoms with Crippen LogP contribution in [0.1, 0.15) is 27.0 Å². The van der Waals surface area contributed by atoms with Crippen LogP contribution < -0.4 is 9.80 Å². The third kappa shape index (κ3) is 3.02. The quantitative estimate of drug-likeness (QED) is 0.308. The first-order chi connectivity index (χ1) is 17.0. The van der Waals surface area contributed by atoms with Gasteiger partial charge in [-0.1, -0.05) is 36.4 Å². The molecule has 0 aromatic heterocycles. The van der Waals surface area contributed by atoms with E-state index >= 15 is 0 Å². The van der Waals surface area contributed by atoms with Crippen molar-refractivity contribution >= 4 is 38.6 Å². The minimum Gasteiger partial charge on any atom is -0.341 e. The van der Waals surface area contributed by atoms with Gasteiger partial charge in [0.05, 0.1) is 0 Å². The van der Waals surface area contributed by atoms with Crippen molar-refractivity contribution in [1.29, 1.82) is 0 Å². The second kappa shape index (κ2) is 7.50. The van der Waals surface area contributed by atoms with Gasteiger partial charge in [0.15, 0.2) is 5.78 Å². The molecule has 3 heterocycles. The van der Waals surface area contributed by atoms with Gasteiger partial charge in [-0.25, -0.2) is 0 Å². The Morgan fingerprint density at radius 2 is 1.09 bits per heavy atom. The third-order valence-corrected chi connectivity index (χ3v) is 10.8. The molecule has 3 nitrogen and oxygen atoms in total. The highest BCUT2D eigenvalue weighted by Gasteiger charge is 2.35. The van der Waals surface area contributed by atoms with Gasteiger partial charge >= 0.3 is 0 Å². The average Bonchev–Trinajstić information content (AvgIpc) is 3.52. The van der Waals surface area contributed by atoms with Crippen molar-refractivity contribution < 1.29 is 4.79 Å². The SMILES string of the molecule is CS1(C)c2cc(N3CCc4ccccc43)ccc2C(=O)c2ccc(N3CCc4ccccc43)cc21. The first-order valence-electron chi connectivity index (χ1n) is 12.3. The standard InChI is InChI=1S/C31H28N2OS/c1-35(2)29-19-23(32-17-15-21-7-3-5-9-27(21)32)11-13-25(29)31(34)26-14-12-24(20-30(26)35)33-18-16-22-8-4-6-10-28(22)33/h3-14,19-20H,15-18H2,1-2H3. The van der Waals surface area contributed by atoms with Gasteiger partial charge < -0.3 is 9.80 Å². The summed E-state index contributed by atoms with van der Waals surface area (Å²) < 4.78 is 0. The maximum atomic E-state index is 13.6. The monoisotopic (exact) mass is 476 g/mol. The van der Waals surface area contributed by atoms with Gasteiger partial charge in [-0.15, -0.1) is 0 Å². The number of carbonyl (C=O) groups is 1. The Labute approximate surface area is 208 Å². The van der Waals surface area contributed by atoms with Gasteiger partial charge in [-0.3, -0.25) is 4.79 Å². The Morgan fingerprint density at radius 3 is 1.57 bits per heavy atom. The number of nitrogens with zero attached hydrogens (tertiary/aromatic N) is 2. The van der Waals surface area contributed by atoms with Crippen molar-refractivity contribution in [2.75, 3.05) is 35.4 Å². The summed E-state index contributed by atoms with van der Waals surface area (Å²) in [7, 11) is -1.37. The lowest BCUT2D eigenvalue weighted by molar-refractivity contribution is 0.103. The fourth-order valence-electron chi connectivity index (χ4n) is 6.05. The van der Waals surface area contributed by atoms with E-state index in [9.17, 15) is 4.79 Å². The number of para-hydroxylation sites is 2. The number of rotatable bonds is 2. The van der Waals surface area contributed by atoms with E-state index < -0.39 is 10.0 Å². The minimum atomic E-state index is -1.37. The molecule has 0 unspecified atom stereocenters. The van der Waals surface area contributed by atoms with Gasteiger partial charge in [-0.05, 0) is 85.0 Å². The zero-order valence-corrected chi connectivity index (χ0v) is 20.9. The predicted octanol–water partition coefficient (Wildman–Crippen LogP) is 7.10. The van der Waals surface area contributed by atoms with Crippen LogP contribution in [0.5, 0.6) is 0 Å². The summed E-state index contributed by atoms with van der Waals surface area (Å²) in [6.07, 6.45) is 6.82. The molecule has 0 N–H and O–H groups in total. The molecule has 0 bridgehead atoms. The van der Waals surface area contributed by atoms with Crippen LogP contribution in [0, 0.1) is 0 Å². The number of hydrogen-bond acceptors (Lipinski definition) is 3. The Balaban J connectivity index is 1.32. The number of carbonyl (C=O) groups excluding carboxylic acids is 1. The van der Waals surface area contributed by atoms with Gasteiger partial charge in [0.2, 0.25) is 0 Å². The molecule has 3 aliphatic heterocycles. The Hall–Kier alpha value is -3.50. The number of fused-ring (bicyclic) bond motifs is 4. The molecule has 0 fully saturated rings. The third-order valence-electron chi connectivity index (χ3n) is 7.92. The van der Waals surface area contributed by atoms with Crippen molar-refractivity contribution in [2.24, 2.45) is 0 Å². The average molecular weight is 477 g/mol. The summed E-state index contributed by atoms with van der Waals surface area (Å²) in [6.45, 7) is 1.97. The molecule has 4 aromatic carbocycles. The van der Waals surface area contributed by atoms with E-state index in [4.69, 9.17) is 0 Å². The van der Waals surface area contributed by atoms with Crippen LogP contribution in [0.15, 0.2) is 94.7 Å². The van der Waals surface area contributed by atoms with Crippen molar-refractivity contribution in [3.8, 4) is 0 Å². The predicted molar refractivity (Wildman–Crippen MR) is 147 cm³/mol. The molecule has 0 saturated carbocycles. The molecular formula is C31H28N2OS. The first kappa shape index (κ1) is 20.8. The highest BCUT2D eigenvalue weighted by Crippen LogP contribution is 2.63. The Kier molecular flexibility index (Phi) is 4.46. The summed E-state index contributed by atoms with van der Waals surface area (Å²) in [6, 6.07) is 30.3. The number of benzene rings is 4. The summed E-state index contributed by atoms with van der Waals surface area (Å²) >= 11 is 0. The number of anilines is 4. The maximum absolute atomic E-state index is 13.6. The molecule has 4 heteroatoms. The van der Waals surface area contributed by atoms with E-state index in [1.54, 1.807) is 0 Å². The topological polar surface area (TPSA) is 23.6 Å². The van der Waals surface area contributed by atoms with E-state index in [1.165, 1.54) is 43.7 Å². The smallest absolute Gasteiger partial charge is 0.195 e. The molecule has 174 valence electrons. The molecule has 0 amide bonds. The Bertz CT molecular complexity index is 1410. The van der Waals surface area contributed by atoms with Crippen molar-refractivity contribution in [2.45, 2.75) is 22.6 Å². The van der Waals surface area contributed by atoms with Gasteiger partial charge in [-0.2, -0.15) is 10.0 Å². The van der Waals surface area contributed by atoms with Crippen LogP contribution in [0.2, 0.25) is 0 Å². The molecule has 4 aromatic rings. The Morgan fingerprint density at radius 1 is 0.629 bits per heavy atom. The van der Waals surface area contributed by atoms with Gasteiger partial charge in [0.25, 0.3) is 0 Å². The van der Waals surface area contributed by atoms with Crippen LogP contribution in [0.4, 0.5) is 22.7 Å². The van der Waals surface area contributed by atoms with Crippen molar-refractivity contribution in [1.82, 2.24) is 0 Å². The van der Waals surface area contributed by atoms with Crippen LogP contribution in [0.25, 0.3) is 0 Å². The second-order valence-electron chi connectivity index (χ2n) is 10.1. The highest BCUT2D eigenvalue weighted by atomic mass is 32.3. The van der Waals surface area contributed by atoms with Gasteiger partial charge in [0.1, 0.15) is 0 Å². The van der Waals surface area contributed by atoms with E-state index in [1.807, 2.05) is 0 Å². The summed E-state index contributed by atoms with van der Waals surface area (Å²) in [5.74, 6) is 0.156. The molecule has 0 aliphatic carbocycles. The maximum Gasteiger partial charge on any atom is 0.195 e. The molecule has 7 rings (SSSR count). The first-order valence-corrected chi connectivity index (χ1v) is 14.7. The van der Waals surface area contributed by atoms with Crippen LogP contribution in [-0.2, 0) is 12.8 Å². The second-order valence-corrected chi connectivity index (χ2v) is 13.6. The van der Waals surface area contributed by atoms with Crippen LogP contribution >= 0.6 is 10.0 Å². The lowest BCUT2D eigenvalue weighted by atomic mass is 10.0. The fourth-order valence-corrected chi connectivity index (χ4v) is 8.54. The van der Waals surface area contributed by atoms with Gasteiger partial charge in [0, 0.05) is 56.8 Å². The molecule has 0 atom stereocenters. The van der Waals surface area contributed by atoms with Crippen molar-refractivity contribution in [3.63, 3.8) is 0 Å². The molecular weight excluding hydrogens is 448 g/mol. The van der Waals surface area contributed by atoms with Crippen LogP contribution in [0.3, 0.4) is 0 Å². The van der Waals surface area contributed by atoms with E-state index in [-0.39, 0.29) is 5.78 Å². The van der Waals surface area contributed by atoms with E-state index in [2.05, 4.69) is 107 Å². The zero-order valence-electron chi connectivity index (χ0n) is 20.1. The normalized spacial score (nSPS) is 18.1. The van der Waals surface area contributed by atoms with E-state index in [0.29, 0.717) is 0 Å². The zero-order chi connectivity index (χ0) is 23.7. The minimum absolute atomic E-state index is 0.156. The molecule has 3 aliphatic rings. The van der Waals surface area contributed by atoms with Crippen LogP contribution in [-0.4, -0.2) is 31.4 Å². The molecule has 0 radical (unpaired) electrons. The summed E-state index contributed by atoms with van der Waals surface area (Å²) in [5.41, 5.74) is 9.49. The van der Waals surface area contributed by atoms with E-state index in [0.717, 1.165) is 37.1 Å². The lowest BCUT2D eigenvalue weighted by Gasteiger charge is -2.40. The fraction of sp³-hybridized carbons (Fsp3) is 0.194. The molecule has 35 heavy (non-hydrogen) atoms. The van der Waals surface area contributed by atoms with Crippen molar-refractivity contribution in [3.05, 3.63) is 107 Å². The number of ketones is 1. The number of hydrogen-bond donors (Lipinski definition) is 0. The largest absolute Gasteiger partial charge is 0.341 e. The molecule has 0 saturated heterocycles. The molecule has 0 spiro atoms.